The first-order valence-corrected chi connectivity index (χ1v) is 8.29. The molecule has 1 nitrogen and oxygen atoms in total. The summed E-state index contributed by atoms with van der Waals surface area (Å²) < 4.78 is 2.31. The summed E-state index contributed by atoms with van der Waals surface area (Å²) in [6, 6.07) is 11.2. The van der Waals surface area contributed by atoms with Crippen molar-refractivity contribution in [2.45, 2.75) is 25.9 Å². The van der Waals surface area contributed by atoms with Crippen LogP contribution in [0.3, 0.4) is 0 Å². The van der Waals surface area contributed by atoms with Crippen LogP contribution in [0, 0.1) is 0 Å². The van der Waals surface area contributed by atoms with E-state index in [9.17, 15) is 0 Å². The van der Waals surface area contributed by atoms with Crippen molar-refractivity contribution in [1.82, 2.24) is 5.32 Å². The number of halogens is 2. The molecule has 0 radical (unpaired) electrons. The monoisotopic (exact) mass is 387 g/mol. The summed E-state index contributed by atoms with van der Waals surface area (Å²) in [6.45, 7) is 4.39. The minimum atomic E-state index is 0.316. The molecule has 0 saturated carbocycles. The van der Waals surface area contributed by atoms with Crippen molar-refractivity contribution in [2.75, 3.05) is 0 Å². The van der Waals surface area contributed by atoms with Gasteiger partial charge in [0.1, 0.15) is 0 Å². The molecule has 2 atom stereocenters. The Hall–Kier alpha value is -0.160. The van der Waals surface area contributed by atoms with Crippen molar-refractivity contribution in [3.05, 3.63) is 55.1 Å². The lowest BCUT2D eigenvalue weighted by molar-refractivity contribution is 0.499. The molecule has 1 N–H and O–H groups in total. The Morgan fingerprint density at radius 3 is 2.44 bits per heavy atom. The molecular formula is C14H15Br2NS. The zero-order valence-corrected chi connectivity index (χ0v) is 14.3. The van der Waals surface area contributed by atoms with Gasteiger partial charge in [-0.25, -0.2) is 0 Å². The van der Waals surface area contributed by atoms with Crippen molar-refractivity contribution in [2.24, 2.45) is 0 Å². The van der Waals surface area contributed by atoms with E-state index in [4.69, 9.17) is 0 Å². The molecule has 1 aromatic carbocycles. The van der Waals surface area contributed by atoms with E-state index in [1.807, 2.05) is 6.07 Å². The van der Waals surface area contributed by atoms with Gasteiger partial charge in [0, 0.05) is 31.3 Å². The third kappa shape index (κ3) is 3.44. The van der Waals surface area contributed by atoms with Crippen molar-refractivity contribution < 1.29 is 0 Å². The first kappa shape index (κ1) is 14.3. The lowest BCUT2D eigenvalue weighted by Crippen LogP contribution is -2.22. The van der Waals surface area contributed by atoms with Crippen molar-refractivity contribution >= 4 is 43.2 Å². The second-order valence-corrected chi connectivity index (χ2v) is 7.01. The number of hydrogen-bond donors (Lipinski definition) is 1. The maximum atomic E-state index is 3.63. The third-order valence-electron chi connectivity index (χ3n) is 2.89. The summed E-state index contributed by atoms with van der Waals surface area (Å²) in [6.07, 6.45) is 0. The van der Waals surface area contributed by atoms with Gasteiger partial charge < -0.3 is 5.32 Å². The van der Waals surface area contributed by atoms with Gasteiger partial charge in [-0.3, -0.25) is 0 Å². The van der Waals surface area contributed by atoms with E-state index in [1.54, 1.807) is 11.3 Å². The van der Waals surface area contributed by atoms with E-state index in [1.165, 1.54) is 10.4 Å². The second-order valence-electron chi connectivity index (χ2n) is 4.30. The van der Waals surface area contributed by atoms with Gasteiger partial charge in [0.2, 0.25) is 0 Å². The van der Waals surface area contributed by atoms with Crippen LogP contribution in [-0.4, -0.2) is 0 Å². The Labute approximate surface area is 129 Å². The topological polar surface area (TPSA) is 12.0 Å². The fraction of sp³-hybridized carbons (Fsp3) is 0.286. The number of thiophene rings is 1. The highest BCUT2D eigenvalue weighted by Gasteiger charge is 2.14. The molecule has 0 fully saturated rings. The Morgan fingerprint density at radius 2 is 1.83 bits per heavy atom. The Kier molecular flexibility index (Phi) is 5.01. The molecule has 0 aliphatic heterocycles. The van der Waals surface area contributed by atoms with Gasteiger partial charge in [0.05, 0.1) is 0 Å². The maximum Gasteiger partial charge on any atom is 0.0391 e. The lowest BCUT2D eigenvalue weighted by Gasteiger charge is -2.20. The van der Waals surface area contributed by atoms with Gasteiger partial charge in [-0.2, -0.15) is 0 Å². The highest BCUT2D eigenvalue weighted by atomic mass is 79.9. The molecule has 96 valence electrons. The predicted octanol–water partition coefficient (Wildman–Crippen LogP) is 5.68. The summed E-state index contributed by atoms with van der Waals surface area (Å²) in [5.41, 5.74) is 1.29. The summed E-state index contributed by atoms with van der Waals surface area (Å²) >= 11 is 8.88. The van der Waals surface area contributed by atoms with Crippen LogP contribution in [0.15, 0.2) is 44.7 Å². The van der Waals surface area contributed by atoms with Crippen LogP contribution in [-0.2, 0) is 0 Å². The standard InChI is InChI=1S/C14H15Br2NS/c1-9(12-5-3-4-6-13(12)16)17-10(2)14-7-11(15)8-18-14/h3-10,17H,1-2H3/t9-,10?/m1/s1. The van der Waals surface area contributed by atoms with Gasteiger partial charge in [-0.1, -0.05) is 34.1 Å². The average Bonchev–Trinajstić information content (AvgIpc) is 2.76. The second kappa shape index (κ2) is 6.33. The van der Waals surface area contributed by atoms with Crippen LogP contribution >= 0.6 is 43.2 Å². The number of nitrogens with one attached hydrogen (secondary N) is 1. The quantitative estimate of drug-likeness (QED) is 0.709. The molecule has 2 rings (SSSR count). The van der Waals surface area contributed by atoms with Gasteiger partial charge in [-0.05, 0) is 47.5 Å². The largest absolute Gasteiger partial charge is 0.303 e. The van der Waals surface area contributed by atoms with Crippen LogP contribution in [0.5, 0.6) is 0 Å². The van der Waals surface area contributed by atoms with Crippen molar-refractivity contribution in [1.29, 1.82) is 0 Å². The molecule has 0 saturated heterocycles. The number of benzene rings is 1. The highest BCUT2D eigenvalue weighted by Crippen LogP contribution is 2.29. The van der Waals surface area contributed by atoms with Gasteiger partial charge in [0.15, 0.2) is 0 Å². The molecule has 4 heteroatoms. The minimum absolute atomic E-state index is 0.316. The van der Waals surface area contributed by atoms with Gasteiger partial charge in [0.25, 0.3) is 0 Å². The van der Waals surface area contributed by atoms with Crippen LogP contribution in [0.2, 0.25) is 0 Å². The first-order valence-electron chi connectivity index (χ1n) is 5.82. The maximum absolute atomic E-state index is 3.63. The zero-order chi connectivity index (χ0) is 13.1. The Balaban J connectivity index is 2.08. The van der Waals surface area contributed by atoms with E-state index >= 15 is 0 Å². The van der Waals surface area contributed by atoms with Crippen LogP contribution < -0.4 is 5.32 Å². The van der Waals surface area contributed by atoms with E-state index in [0.717, 1.165) is 8.95 Å². The number of rotatable bonds is 4. The fourth-order valence-corrected chi connectivity index (χ4v) is 4.02. The predicted molar refractivity (Wildman–Crippen MR) is 86.1 cm³/mol. The molecule has 18 heavy (non-hydrogen) atoms. The SMILES string of the molecule is CC(N[C@H](C)c1ccccc1Br)c1cc(Br)cs1. The van der Waals surface area contributed by atoms with E-state index in [-0.39, 0.29) is 0 Å². The molecular weight excluding hydrogens is 374 g/mol. The smallest absolute Gasteiger partial charge is 0.0391 e. The van der Waals surface area contributed by atoms with Gasteiger partial charge in [-0.15, -0.1) is 11.3 Å². The fourth-order valence-electron chi connectivity index (χ4n) is 1.93. The summed E-state index contributed by atoms with van der Waals surface area (Å²) in [5, 5.41) is 5.75. The van der Waals surface area contributed by atoms with Crippen LogP contribution in [0.25, 0.3) is 0 Å². The average molecular weight is 389 g/mol. The number of hydrogen-bond acceptors (Lipinski definition) is 2. The summed E-state index contributed by atoms with van der Waals surface area (Å²) in [4.78, 5) is 1.35. The van der Waals surface area contributed by atoms with Gasteiger partial charge >= 0.3 is 0 Å². The van der Waals surface area contributed by atoms with Crippen LogP contribution in [0.1, 0.15) is 36.4 Å². The normalized spacial score (nSPS) is 14.4. The molecule has 1 unspecified atom stereocenters. The minimum Gasteiger partial charge on any atom is -0.303 e. The van der Waals surface area contributed by atoms with E-state index in [0.29, 0.717) is 12.1 Å². The molecule has 0 bridgehead atoms. The molecule has 0 aliphatic carbocycles. The lowest BCUT2D eigenvalue weighted by atomic mass is 10.1. The molecule has 0 amide bonds. The van der Waals surface area contributed by atoms with E-state index in [2.05, 4.69) is 80.7 Å². The zero-order valence-electron chi connectivity index (χ0n) is 10.3. The molecule has 0 spiro atoms. The molecule has 2 aromatic rings. The van der Waals surface area contributed by atoms with Crippen molar-refractivity contribution in [3.63, 3.8) is 0 Å². The molecule has 1 aromatic heterocycles. The van der Waals surface area contributed by atoms with Crippen molar-refractivity contribution in [3.8, 4) is 0 Å². The first-order chi connectivity index (χ1) is 8.58. The van der Waals surface area contributed by atoms with E-state index < -0.39 is 0 Å². The highest BCUT2D eigenvalue weighted by molar-refractivity contribution is 9.10. The third-order valence-corrected chi connectivity index (χ3v) is 5.48. The molecule has 1 heterocycles. The summed E-state index contributed by atoms with van der Waals surface area (Å²) in [5.74, 6) is 0. The molecule has 0 aliphatic rings. The Bertz CT molecular complexity index is 524. The van der Waals surface area contributed by atoms with Crippen LogP contribution in [0.4, 0.5) is 0 Å². The summed E-state index contributed by atoms with van der Waals surface area (Å²) in [7, 11) is 0. The Morgan fingerprint density at radius 1 is 1.11 bits per heavy atom.